The van der Waals surface area contributed by atoms with Gasteiger partial charge in [0.1, 0.15) is 11.6 Å². The molecule has 2 aliphatic rings. The molecule has 0 radical (unpaired) electrons. The molecule has 3 heterocycles. The highest BCUT2D eigenvalue weighted by atomic mass is 32.1. The molecule has 202 valence electrons. The van der Waals surface area contributed by atoms with Crippen molar-refractivity contribution in [3.63, 3.8) is 0 Å². The molecule has 1 aromatic heterocycles. The Morgan fingerprint density at radius 2 is 1.63 bits per heavy atom. The Kier molecular flexibility index (Phi) is 8.56. The van der Waals surface area contributed by atoms with Crippen LogP contribution in [-0.2, 0) is 0 Å². The predicted octanol–water partition coefficient (Wildman–Crippen LogP) is 3.93. The van der Waals surface area contributed by atoms with Crippen LogP contribution in [0.2, 0.25) is 0 Å². The van der Waals surface area contributed by atoms with Crippen molar-refractivity contribution in [2.24, 2.45) is 0 Å². The fourth-order valence-corrected chi connectivity index (χ4v) is 5.55. The molecule has 0 saturated carbocycles. The molecule has 3 aromatic rings. The quantitative estimate of drug-likeness (QED) is 0.442. The number of benzene rings is 2. The van der Waals surface area contributed by atoms with Gasteiger partial charge in [-0.05, 0) is 67.6 Å². The van der Waals surface area contributed by atoms with E-state index in [9.17, 15) is 4.39 Å². The molecule has 2 aliphatic heterocycles. The van der Waals surface area contributed by atoms with E-state index in [0.29, 0.717) is 10.8 Å². The molecule has 0 unspecified atom stereocenters. The molecule has 0 bridgehead atoms. The van der Waals surface area contributed by atoms with Gasteiger partial charge in [-0.25, -0.2) is 9.37 Å². The van der Waals surface area contributed by atoms with Crippen LogP contribution in [0.1, 0.15) is 12.5 Å². The highest BCUT2D eigenvalue weighted by Crippen LogP contribution is 2.26. The van der Waals surface area contributed by atoms with Gasteiger partial charge in [0.05, 0.1) is 11.2 Å². The first kappa shape index (κ1) is 26.6. The number of aryl methyl sites for hydroxylation is 1. The van der Waals surface area contributed by atoms with Crippen molar-refractivity contribution in [1.82, 2.24) is 20.1 Å². The smallest absolute Gasteiger partial charge is 0.170 e. The van der Waals surface area contributed by atoms with Crippen molar-refractivity contribution in [2.75, 3.05) is 87.1 Å². The number of fused-ring (bicyclic) bond motifs is 1. The monoisotopic (exact) mass is 535 g/mol. The van der Waals surface area contributed by atoms with Crippen LogP contribution in [0.4, 0.5) is 21.6 Å². The number of nitrogens with zero attached hydrogens (tertiary/aromatic N) is 5. The minimum Gasteiger partial charge on any atom is -0.367 e. The van der Waals surface area contributed by atoms with Gasteiger partial charge < -0.3 is 25.3 Å². The molecular formula is C29H38FN7S. The third kappa shape index (κ3) is 6.34. The molecule has 38 heavy (non-hydrogen) atoms. The molecule has 2 saturated heterocycles. The van der Waals surface area contributed by atoms with E-state index in [2.05, 4.69) is 62.3 Å². The Balaban J connectivity index is 1.09. The number of rotatable bonds is 7. The Morgan fingerprint density at radius 3 is 2.37 bits per heavy atom. The first-order valence-electron chi connectivity index (χ1n) is 13.7. The average molecular weight is 536 g/mol. The first-order valence-corrected chi connectivity index (χ1v) is 14.1. The number of anilines is 3. The molecule has 2 fully saturated rings. The van der Waals surface area contributed by atoms with E-state index in [1.165, 1.54) is 11.6 Å². The Labute approximate surface area is 230 Å². The standard InChI is InChI=1S/C29H38FN7S/c1-3-34-12-18-37(19-13-34)28-20-22(2)24-21-23(8-9-26(24)33-28)32-29(38)31-10-11-35-14-16-36(17-15-35)27-7-5-4-6-25(27)30/h4-9,20-21H,3,10-19H2,1-2H3,(H2,31,32,38). The average Bonchev–Trinajstić information content (AvgIpc) is 2.94. The van der Waals surface area contributed by atoms with Gasteiger partial charge in [-0.15, -0.1) is 0 Å². The largest absolute Gasteiger partial charge is 0.367 e. The molecule has 2 N–H and O–H groups in total. The van der Waals surface area contributed by atoms with Crippen LogP contribution in [0, 0.1) is 12.7 Å². The van der Waals surface area contributed by atoms with Gasteiger partial charge >= 0.3 is 0 Å². The van der Waals surface area contributed by atoms with Crippen molar-refractivity contribution in [3.05, 3.63) is 59.9 Å². The number of para-hydroxylation sites is 1. The van der Waals surface area contributed by atoms with Gasteiger partial charge in [0.2, 0.25) is 0 Å². The number of hydrogen-bond donors (Lipinski definition) is 2. The summed E-state index contributed by atoms with van der Waals surface area (Å²) in [7, 11) is 0. The lowest BCUT2D eigenvalue weighted by molar-refractivity contribution is 0.261. The number of thiocarbonyl (C=S) groups is 1. The maximum Gasteiger partial charge on any atom is 0.170 e. The van der Waals surface area contributed by atoms with Gasteiger partial charge in [-0.1, -0.05) is 19.1 Å². The lowest BCUT2D eigenvalue weighted by atomic mass is 10.1. The highest BCUT2D eigenvalue weighted by Gasteiger charge is 2.20. The third-order valence-corrected chi connectivity index (χ3v) is 7.93. The van der Waals surface area contributed by atoms with Gasteiger partial charge in [-0.3, -0.25) is 4.90 Å². The van der Waals surface area contributed by atoms with E-state index in [0.717, 1.165) is 94.4 Å². The Hall–Kier alpha value is -3.01. The predicted molar refractivity (Wildman–Crippen MR) is 160 cm³/mol. The summed E-state index contributed by atoms with van der Waals surface area (Å²) in [5, 5.41) is 8.42. The summed E-state index contributed by atoms with van der Waals surface area (Å²) in [6.45, 7) is 14.8. The van der Waals surface area contributed by atoms with Crippen molar-refractivity contribution in [2.45, 2.75) is 13.8 Å². The van der Waals surface area contributed by atoms with E-state index in [-0.39, 0.29) is 5.82 Å². The maximum absolute atomic E-state index is 14.1. The van der Waals surface area contributed by atoms with Crippen LogP contribution in [0.5, 0.6) is 0 Å². The minimum absolute atomic E-state index is 0.149. The zero-order valence-electron chi connectivity index (χ0n) is 22.4. The van der Waals surface area contributed by atoms with Gasteiger partial charge in [-0.2, -0.15) is 0 Å². The number of halogens is 1. The van der Waals surface area contributed by atoms with Crippen molar-refractivity contribution >= 4 is 45.4 Å². The highest BCUT2D eigenvalue weighted by molar-refractivity contribution is 7.80. The molecule has 0 aliphatic carbocycles. The number of nitrogens with one attached hydrogen (secondary N) is 2. The van der Waals surface area contributed by atoms with E-state index in [4.69, 9.17) is 17.2 Å². The summed E-state index contributed by atoms with van der Waals surface area (Å²) in [6.07, 6.45) is 0. The lowest BCUT2D eigenvalue weighted by Gasteiger charge is -2.36. The summed E-state index contributed by atoms with van der Waals surface area (Å²) >= 11 is 5.56. The van der Waals surface area contributed by atoms with E-state index >= 15 is 0 Å². The number of pyridine rings is 1. The molecule has 9 heteroatoms. The molecule has 0 atom stereocenters. The number of aromatic nitrogens is 1. The SMILES string of the molecule is CCN1CCN(c2cc(C)c3cc(NC(=S)NCCN4CCN(c5ccccc5F)CC4)ccc3n2)CC1. The normalized spacial score (nSPS) is 17.1. The molecule has 0 spiro atoms. The zero-order valence-corrected chi connectivity index (χ0v) is 23.2. The summed E-state index contributed by atoms with van der Waals surface area (Å²) in [6, 6.07) is 15.5. The van der Waals surface area contributed by atoms with E-state index < -0.39 is 0 Å². The number of likely N-dealkylation sites (N-methyl/N-ethyl adjacent to an activating group) is 1. The van der Waals surface area contributed by atoms with Crippen LogP contribution in [0.25, 0.3) is 10.9 Å². The first-order chi connectivity index (χ1) is 18.5. The lowest BCUT2D eigenvalue weighted by Crippen LogP contribution is -2.48. The fraction of sp³-hybridized carbons (Fsp3) is 0.448. The second-order valence-electron chi connectivity index (χ2n) is 10.1. The fourth-order valence-electron chi connectivity index (χ4n) is 5.33. The van der Waals surface area contributed by atoms with Crippen LogP contribution >= 0.6 is 12.2 Å². The second-order valence-corrected chi connectivity index (χ2v) is 10.5. The van der Waals surface area contributed by atoms with Crippen LogP contribution in [0.3, 0.4) is 0 Å². The van der Waals surface area contributed by atoms with Crippen molar-refractivity contribution < 1.29 is 4.39 Å². The number of piperazine rings is 2. The van der Waals surface area contributed by atoms with Gasteiger partial charge in [0.25, 0.3) is 0 Å². The Morgan fingerprint density at radius 1 is 0.921 bits per heavy atom. The van der Waals surface area contributed by atoms with E-state index in [1.54, 1.807) is 6.07 Å². The van der Waals surface area contributed by atoms with Crippen LogP contribution in [-0.4, -0.2) is 91.9 Å². The van der Waals surface area contributed by atoms with Crippen molar-refractivity contribution in [1.29, 1.82) is 0 Å². The van der Waals surface area contributed by atoms with Crippen LogP contribution in [0.15, 0.2) is 48.5 Å². The van der Waals surface area contributed by atoms with E-state index in [1.807, 2.05) is 18.2 Å². The van der Waals surface area contributed by atoms with Gasteiger partial charge in [0.15, 0.2) is 5.11 Å². The topological polar surface area (TPSA) is 49.9 Å². The summed E-state index contributed by atoms with van der Waals surface area (Å²) in [5.41, 5.74) is 3.89. The summed E-state index contributed by atoms with van der Waals surface area (Å²) < 4.78 is 14.1. The van der Waals surface area contributed by atoms with Gasteiger partial charge in [0, 0.05) is 76.5 Å². The molecule has 7 nitrogen and oxygen atoms in total. The molecule has 5 rings (SSSR count). The van der Waals surface area contributed by atoms with Crippen LogP contribution < -0.4 is 20.4 Å². The molecule has 0 amide bonds. The molecule has 2 aromatic carbocycles. The van der Waals surface area contributed by atoms with Crippen molar-refractivity contribution in [3.8, 4) is 0 Å². The maximum atomic E-state index is 14.1. The molecular weight excluding hydrogens is 497 g/mol. The summed E-state index contributed by atoms with van der Waals surface area (Å²) in [5.74, 6) is 0.919. The zero-order chi connectivity index (χ0) is 26.5. The second kappa shape index (κ2) is 12.2. The minimum atomic E-state index is -0.149. The number of hydrogen-bond acceptors (Lipinski definition) is 6. The Bertz CT molecular complexity index is 1250. The summed E-state index contributed by atoms with van der Waals surface area (Å²) in [4.78, 5) is 14.3. The third-order valence-electron chi connectivity index (χ3n) is 7.68.